The molecule has 0 aliphatic rings. The Kier molecular flexibility index (Phi) is 7.56. The summed E-state index contributed by atoms with van der Waals surface area (Å²) in [6, 6.07) is 23.2. The van der Waals surface area contributed by atoms with Gasteiger partial charge in [-0.15, -0.1) is 0 Å². The average Bonchev–Trinajstić information content (AvgIpc) is 3.24. The molecule has 0 bridgehead atoms. The molecule has 9 heteroatoms. The topological polar surface area (TPSA) is 85.7 Å². The van der Waals surface area contributed by atoms with Crippen LogP contribution in [-0.4, -0.2) is 34.8 Å². The predicted molar refractivity (Wildman–Crippen MR) is 135 cm³/mol. The molecule has 0 saturated heterocycles. The monoisotopic (exact) mass is 475 g/mol. The zero-order valence-corrected chi connectivity index (χ0v) is 19.7. The fraction of sp³-hybridized carbons (Fsp3) is 0.160. The maximum Gasteiger partial charge on any atom is 0.216 e. The van der Waals surface area contributed by atoms with E-state index in [0.717, 1.165) is 22.4 Å². The summed E-state index contributed by atoms with van der Waals surface area (Å²) in [5, 5.41) is 11.4. The van der Waals surface area contributed by atoms with Gasteiger partial charge in [-0.2, -0.15) is 14.9 Å². The van der Waals surface area contributed by atoms with Crippen molar-refractivity contribution in [2.45, 2.75) is 13.5 Å². The zero-order chi connectivity index (χ0) is 23.8. The van der Waals surface area contributed by atoms with Crippen molar-refractivity contribution in [3.05, 3.63) is 88.7 Å². The molecule has 0 spiro atoms. The molecular formula is C25H25N5O3S. The lowest BCUT2D eigenvalue weighted by Gasteiger charge is -2.11. The van der Waals surface area contributed by atoms with Crippen LogP contribution < -0.4 is 19.7 Å². The molecule has 4 rings (SSSR count). The van der Waals surface area contributed by atoms with Gasteiger partial charge in [-0.3, -0.25) is 0 Å². The number of hydrazone groups is 1. The van der Waals surface area contributed by atoms with E-state index in [2.05, 4.69) is 20.8 Å². The second kappa shape index (κ2) is 11.2. The summed E-state index contributed by atoms with van der Waals surface area (Å²) in [7, 11) is 1.61. The number of hydrogen-bond acceptors (Lipinski definition) is 7. The van der Waals surface area contributed by atoms with Crippen LogP contribution in [0.5, 0.6) is 17.2 Å². The smallest absolute Gasteiger partial charge is 0.216 e. The lowest BCUT2D eigenvalue weighted by atomic mass is 10.2. The molecule has 0 radical (unpaired) electrons. The lowest BCUT2D eigenvalue weighted by Crippen LogP contribution is -2.10. The minimum Gasteiger partial charge on any atom is -0.494 e. The van der Waals surface area contributed by atoms with Crippen molar-refractivity contribution in [1.29, 1.82) is 0 Å². The van der Waals surface area contributed by atoms with Crippen LogP contribution in [0.1, 0.15) is 18.1 Å². The molecule has 0 aliphatic carbocycles. The number of benzene rings is 3. The van der Waals surface area contributed by atoms with Crippen molar-refractivity contribution in [3.63, 3.8) is 0 Å². The highest BCUT2D eigenvalue weighted by molar-refractivity contribution is 7.71. The number of nitrogens with zero attached hydrogens (tertiary/aromatic N) is 3. The highest BCUT2D eigenvalue weighted by Gasteiger charge is 2.09. The SMILES string of the molecule is CCOc1ccc(-c2n[nH]c(=S)n2NN=Cc2ccc(OCc3ccccc3)c(OC)c2)cc1. The van der Waals surface area contributed by atoms with Crippen molar-refractivity contribution in [3.8, 4) is 28.6 Å². The fourth-order valence-corrected chi connectivity index (χ4v) is 3.40. The summed E-state index contributed by atoms with van der Waals surface area (Å²) in [6.45, 7) is 3.01. The number of H-pyrrole nitrogens is 1. The van der Waals surface area contributed by atoms with Crippen molar-refractivity contribution < 1.29 is 14.2 Å². The van der Waals surface area contributed by atoms with Gasteiger partial charge in [0.1, 0.15) is 12.4 Å². The van der Waals surface area contributed by atoms with Crippen molar-refractivity contribution in [2.75, 3.05) is 19.3 Å². The maximum atomic E-state index is 5.91. The molecule has 0 saturated carbocycles. The third-order valence-corrected chi connectivity index (χ3v) is 5.17. The van der Waals surface area contributed by atoms with E-state index >= 15 is 0 Å². The molecule has 34 heavy (non-hydrogen) atoms. The van der Waals surface area contributed by atoms with Gasteiger partial charge in [0.15, 0.2) is 17.3 Å². The lowest BCUT2D eigenvalue weighted by molar-refractivity contribution is 0.284. The van der Waals surface area contributed by atoms with Crippen molar-refractivity contribution in [2.24, 2.45) is 5.10 Å². The summed E-state index contributed by atoms with van der Waals surface area (Å²) >= 11 is 5.34. The molecule has 174 valence electrons. The number of hydrogen-bond donors (Lipinski definition) is 2. The van der Waals surface area contributed by atoms with Gasteiger partial charge in [0.05, 0.1) is 19.9 Å². The Labute approximate surface area is 202 Å². The molecule has 1 aromatic heterocycles. The zero-order valence-electron chi connectivity index (χ0n) is 18.9. The molecule has 0 unspecified atom stereocenters. The van der Waals surface area contributed by atoms with E-state index in [1.807, 2.05) is 79.7 Å². The summed E-state index contributed by atoms with van der Waals surface area (Å²) in [4.78, 5) is 0. The Bertz CT molecular complexity index is 1300. The molecular weight excluding hydrogens is 450 g/mol. The van der Waals surface area contributed by atoms with Gasteiger partial charge >= 0.3 is 0 Å². The van der Waals surface area contributed by atoms with Gasteiger partial charge in [-0.1, -0.05) is 30.3 Å². The van der Waals surface area contributed by atoms with Crippen LogP contribution in [0.25, 0.3) is 11.4 Å². The predicted octanol–water partition coefficient (Wildman–Crippen LogP) is 5.17. The molecule has 0 aliphatic heterocycles. The Morgan fingerprint density at radius 2 is 1.82 bits per heavy atom. The van der Waals surface area contributed by atoms with Gasteiger partial charge in [0.25, 0.3) is 0 Å². The van der Waals surface area contributed by atoms with Crippen LogP contribution in [0.3, 0.4) is 0 Å². The minimum absolute atomic E-state index is 0.392. The molecule has 0 fully saturated rings. The average molecular weight is 476 g/mol. The Morgan fingerprint density at radius 1 is 1.03 bits per heavy atom. The fourth-order valence-electron chi connectivity index (χ4n) is 3.23. The number of nitrogens with one attached hydrogen (secondary N) is 2. The van der Waals surface area contributed by atoms with Gasteiger partial charge in [-0.05, 0) is 72.7 Å². The molecule has 0 atom stereocenters. The second-order valence-electron chi connectivity index (χ2n) is 7.19. The summed E-state index contributed by atoms with van der Waals surface area (Å²) in [6.07, 6.45) is 1.67. The standard InChI is InChI=1S/C25H25N5O3S/c1-3-32-21-12-10-20(11-13-21)24-27-28-25(34)30(24)29-26-16-19-9-14-22(23(15-19)31-2)33-17-18-7-5-4-6-8-18/h4-16,29H,3,17H2,1-2H3,(H,28,34). The Balaban J connectivity index is 1.45. The summed E-state index contributed by atoms with van der Waals surface area (Å²) in [5.41, 5.74) is 5.70. The number of aromatic amines is 1. The van der Waals surface area contributed by atoms with Crippen LogP contribution in [0, 0.1) is 4.77 Å². The van der Waals surface area contributed by atoms with Gasteiger partial charge in [0.2, 0.25) is 4.77 Å². The first kappa shape index (κ1) is 23.1. The Hall–Kier alpha value is -4.11. The Morgan fingerprint density at radius 3 is 2.56 bits per heavy atom. The van der Waals surface area contributed by atoms with E-state index in [1.165, 1.54) is 0 Å². The molecule has 3 aromatic carbocycles. The molecule has 1 heterocycles. The van der Waals surface area contributed by atoms with E-state index in [4.69, 9.17) is 26.4 Å². The highest BCUT2D eigenvalue weighted by atomic mass is 32.1. The number of aromatic nitrogens is 3. The van der Waals surface area contributed by atoms with Crippen LogP contribution in [0.15, 0.2) is 77.9 Å². The minimum atomic E-state index is 0.392. The molecule has 4 aromatic rings. The number of rotatable bonds is 10. The quantitative estimate of drug-likeness (QED) is 0.187. The van der Waals surface area contributed by atoms with Gasteiger partial charge < -0.3 is 14.2 Å². The van der Waals surface area contributed by atoms with Crippen LogP contribution >= 0.6 is 12.2 Å². The highest BCUT2D eigenvalue weighted by Crippen LogP contribution is 2.28. The van der Waals surface area contributed by atoms with Crippen molar-refractivity contribution >= 4 is 18.4 Å². The van der Waals surface area contributed by atoms with Crippen LogP contribution in [-0.2, 0) is 6.61 Å². The molecule has 2 N–H and O–H groups in total. The van der Waals surface area contributed by atoms with E-state index in [1.54, 1.807) is 18.0 Å². The van der Waals surface area contributed by atoms with Crippen molar-refractivity contribution in [1.82, 2.24) is 14.9 Å². The molecule has 0 amide bonds. The van der Waals surface area contributed by atoms with E-state index in [-0.39, 0.29) is 0 Å². The van der Waals surface area contributed by atoms with E-state index < -0.39 is 0 Å². The third-order valence-electron chi connectivity index (χ3n) is 4.89. The first-order valence-electron chi connectivity index (χ1n) is 10.7. The number of methoxy groups -OCH3 is 1. The summed E-state index contributed by atoms with van der Waals surface area (Å²) in [5.74, 6) is 2.68. The third kappa shape index (κ3) is 5.62. The maximum absolute atomic E-state index is 5.91. The summed E-state index contributed by atoms with van der Waals surface area (Å²) < 4.78 is 18.9. The van der Waals surface area contributed by atoms with Crippen LogP contribution in [0.4, 0.5) is 0 Å². The molecule has 8 nitrogen and oxygen atoms in total. The first-order chi connectivity index (χ1) is 16.7. The van der Waals surface area contributed by atoms with E-state index in [0.29, 0.717) is 35.3 Å². The largest absolute Gasteiger partial charge is 0.494 e. The van der Waals surface area contributed by atoms with Gasteiger partial charge in [0, 0.05) is 5.56 Å². The van der Waals surface area contributed by atoms with Gasteiger partial charge in [-0.25, -0.2) is 10.6 Å². The first-order valence-corrected chi connectivity index (χ1v) is 11.1. The van der Waals surface area contributed by atoms with E-state index in [9.17, 15) is 0 Å². The second-order valence-corrected chi connectivity index (χ2v) is 7.57. The number of ether oxygens (including phenoxy) is 3. The van der Waals surface area contributed by atoms with Crippen LogP contribution in [0.2, 0.25) is 0 Å². The normalized spacial score (nSPS) is 10.9.